The Morgan fingerprint density at radius 1 is 1.11 bits per heavy atom. The first-order chi connectivity index (χ1) is 13.5. The van der Waals surface area contributed by atoms with Gasteiger partial charge in [0.2, 0.25) is 0 Å². The van der Waals surface area contributed by atoms with Crippen LogP contribution >= 0.6 is 11.6 Å². The number of anilines is 1. The van der Waals surface area contributed by atoms with Gasteiger partial charge in [0.1, 0.15) is 21.9 Å². The van der Waals surface area contributed by atoms with Crippen LogP contribution in [-0.4, -0.2) is 17.9 Å². The molecular formula is C20H13ClN2O5. The predicted octanol–water partition coefficient (Wildman–Crippen LogP) is 5.41. The van der Waals surface area contributed by atoms with E-state index in [0.29, 0.717) is 17.0 Å². The van der Waals surface area contributed by atoms with Crippen LogP contribution in [0.15, 0.2) is 59.0 Å². The number of nitro groups is 1. The monoisotopic (exact) mass is 396 g/mol. The number of halogens is 1. The molecule has 0 unspecified atom stereocenters. The molecule has 1 amide bonds. The Kier molecular flexibility index (Phi) is 4.37. The first-order valence-corrected chi connectivity index (χ1v) is 8.60. The van der Waals surface area contributed by atoms with Crippen LogP contribution in [0.3, 0.4) is 0 Å². The summed E-state index contributed by atoms with van der Waals surface area (Å²) < 4.78 is 11.2. The fraction of sp³-hybridized carbons (Fsp3) is 0.0500. The van der Waals surface area contributed by atoms with E-state index in [1.165, 1.54) is 19.2 Å². The third kappa shape index (κ3) is 3.01. The summed E-state index contributed by atoms with van der Waals surface area (Å²) in [7, 11) is 1.49. The lowest BCUT2D eigenvalue weighted by Gasteiger charge is -2.10. The molecule has 140 valence electrons. The van der Waals surface area contributed by atoms with Crippen LogP contribution in [0.2, 0.25) is 5.02 Å². The number of carbonyl (C=O) groups is 1. The Labute approximate surface area is 163 Å². The second-order valence-electron chi connectivity index (χ2n) is 6.02. The summed E-state index contributed by atoms with van der Waals surface area (Å²) in [6, 6.07) is 14.9. The van der Waals surface area contributed by atoms with Gasteiger partial charge in [0, 0.05) is 28.5 Å². The van der Waals surface area contributed by atoms with Crippen LogP contribution in [-0.2, 0) is 0 Å². The molecule has 0 fully saturated rings. The molecular weight excluding hydrogens is 384 g/mol. The number of methoxy groups -OCH3 is 1. The van der Waals surface area contributed by atoms with Gasteiger partial charge in [-0.25, -0.2) is 0 Å². The third-order valence-electron chi connectivity index (χ3n) is 4.35. The van der Waals surface area contributed by atoms with Crippen molar-refractivity contribution >= 4 is 50.8 Å². The van der Waals surface area contributed by atoms with E-state index < -0.39 is 10.8 Å². The molecule has 0 aliphatic heterocycles. The molecule has 0 radical (unpaired) electrons. The molecule has 0 atom stereocenters. The molecule has 0 bridgehead atoms. The van der Waals surface area contributed by atoms with Crippen LogP contribution in [0.25, 0.3) is 21.9 Å². The number of nitrogens with zero attached hydrogens (tertiary/aromatic N) is 1. The maximum Gasteiger partial charge on any atom is 0.288 e. The second kappa shape index (κ2) is 6.86. The lowest BCUT2D eigenvalue weighted by atomic mass is 10.1. The van der Waals surface area contributed by atoms with Crippen molar-refractivity contribution < 1.29 is 18.9 Å². The van der Waals surface area contributed by atoms with E-state index in [0.717, 1.165) is 22.4 Å². The molecule has 1 heterocycles. The molecule has 3 aromatic carbocycles. The first-order valence-electron chi connectivity index (χ1n) is 8.22. The van der Waals surface area contributed by atoms with Crippen molar-refractivity contribution in [3.05, 3.63) is 75.3 Å². The number of ether oxygens (including phenoxy) is 1. The zero-order valence-corrected chi connectivity index (χ0v) is 15.3. The van der Waals surface area contributed by atoms with Gasteiger partial charge in [0.25, 0.3) is 11.6 Å². The number of fused-ring (bicyclic) bond motifs is 3. The van der Waals surface area contributed by atoms with Crippen LogP contribution in [0.5, 0.6) is 5.75 Å². The Bertz CT molecular complexity index is 1250. The molecule has 4 rings (SSSR count). The van der Waals surface area contributed by atoms with E-state index in [9.17, 15) is 14.9 Å². The van der Waals surface area contributed by atoms with Crippen molar-refractivity contribution in [1.82, 2.24) is 0 Å². The average Bonchev–Trinajstić information content (AvgIpc) is 3.04. The number of benzene rings is 3. The number of amides is 1. The van der Waals surface area contributed by atoms with Gasteiger partial charge in [-0.05, 0) is 24.3 Å². The summed E-state index contributed by atoms with van der Waals surface area (Å²) in [6.45, 7) is 0. The predicted molar refractivity (Wildman–Crippen MR) is 106 cm³/mol. The van der Waals surface area contributed by atoms with Crippen LogP contribution in [0, 0.1) is 10.1 Å². The number of nitro benzene ring substituents is 1. The summed E-state index contributed by atoms with van der Waals surface area (Å²) in [5.74, 6) is -0.0932. The van der Waals surface area contributed by atoms with Crippen molar-refractivity contribution in [2.24, 2.45) is 0 Å². The van der Waals surface area contributed by atoms with Crippen molar-refractivity contribution in [1.29, 1.82) is 0 Å². The van der Waals surface area contributed by atoms with Crippen LogP contribution < -0.4 is 10.1 Å². The lowest BCUT2D eigenvalue weighted by molar-refractivity contribution is -0.384. The Morgan fingerprint density at radius 3 is 2.64 bits per heavy atom. The molecule has 1 N–H and O–H groups in total. The summed E-state index contributed by atoms with van der Waals surface area (Å²) >= 11 is 5.80. The van der Waals surface area contributed by atoms with Gasteiger partial charge in [-0.3, -0.25) is 14.9 Å². The number of rotatable bonds is 4. The second-order valence-corrected chi connectivity index (χ2v) is 6.43. The number of hydrogen-bond donors (Lipinski definition) is 1. The van der Waals surface area contributed by atoms with E-state index in [4.69, 9.17) is 20.8 Å². The minimum absolute atomic E-state index is 0.0391. The van der Waals surface area contributed by atoms with Gasteiger partial charge >= 0.3 is 0 Å². The summed E-state index contributed by atoms with van der Waals surface area (Å²) in [4.78, 5) is 23.0. The SMILES string of the molecule is COc1cc2c(cc1NC(=O)c1ccc(Cl)c([N+](=O)[O-])c1)oc1ccccc12. The Morgan fingerprint density at radius 2 is 1.89 bits per heavy atom. The van der Waals surface area contributed by atoms with Gasteiger partial charge < -0.3 is 14.5 Å². The van der Waals surface area contributed by atoms with Crippen molar-refractivity contribution in [3.8, 4) is 5.75 Å². The molecule has 0 spiro atoms. The van der Waals surface area contributed by atoms with E-state index in [-0.39, 0.29) is 16.3 Å². The summed E-state index contributed by atoms with van der Waals surface area (Å²) in [5.41, 5.74) is 1.45. The normalized spacial score (nSPS) is 10.9. The molecule has 8 heteroatoms. The molecule has 0 aliphatic rings. The third-order valence-corrected chi connectivity index (χ3v) is 4.67. The zero-order chi connectivity index (χ0) is 19.8. The van der Waals surface area contributed by atoms with Gasteiger partial charge in [-0.15, -0.1) is 0 Å². The topological polar surface area (TPSA) is 94.6 Å². The highest BCUT2D eigenvalue weighted by molar-refractivity contribution is 6.32. The van der Waals surface area contributed by atoms with Gasteiger partial charge in [-0.2, -0.15) is 0 Å². The lowest BCUT2D eigenvalue weighted by Crippen LogP contribution is -2.13. The number of furan rings is 1. The largest absolute Gasteiger partial charge is 0.495 e. The smallest absolute Gasteiger partial charge is 0.288 e. The fourth-order valence-electron chi connectivity index (χ4n) is 3.01. The highest BCUT2D eigenvalue weighted by atomic mass is 35.5. The van der Waals surface area contributed by atoms with Crippen molar-refractivity contribution in [2.75, 3.05) is 12.4 Å². The van der Waals surface area contributed by atoms with Gasteiger partial charge in [0.05, 0.1) is 17.7 Å². The van der Waals surface area contributed by atoms with E-state index >= 15 is 0 Å². The van der Waals surface area contributed by atoms with E-state index in [2.05, 4.69) is 5.32 Å². The molecule has 1 aromatic heterocycles. The van der Waals surface area contributed by atoms with Gasteiger partial charge in [-0.1, -0.05) is 29.8 Å². The Hall–Kier alpha value is -3.58. The molecule has 0 saturated carbocycles. The maximum absolute atomic E-state index is 12.6. The van der Waals surface area contributed by atoms with Crippen LogP contribution in [0.1, 0.15) is 10.4 Å². The molecule has 28 heavy (non-hydrogen) atoms. The van der Waals surface area contributed by atoms with Crippen LogP contribution in [0.4, 0.5) is 11.4 Å². The number of para-hydroxylation sites is 1. The minimum Gasteiger partial charge on any atom is -0.495 e. The molecule has 4 aromatic rings. The Balaban J connectivity index is 1.74. The quantitative estimate of drug-likeness (QED) is 0.367. The summed E-state index contributed by atoms with van der Waals surface area (Å²) in [6.07, 6.45) is 0. The van der Waals surface area contributed by atoms with Gasteiger partial charge in [0.15, 0.2) is 0 Å². The first kappa shape index (κ1) is 17.8. The fourth-order valence-corrected chi connectivity index (χ4v) is 3.19. The van der Waals surface area contributed by atoms with E-state index in [1.54, 1.807) is 12.1 Å². The maximum atomic E-state index is 12.6. The van der Waals surface area contributed by atoms with Crippen molar-refractivity contribution in [3.63, 3.8) is 0 Å². The molecule has 0 saturated heterocycles. The molecule has 7 nitrogen and oxygen atoms in total. The highest BCUT2D eigenvalue weighted by Crippen LogP contribution is 2.36. The van der Waals surface area contributed by atoms with E-state index in [1.807, 2.05) is 24.3 Å². The number of carbonyl (C=O) groups excluding carboxylic acids is 1. The molecule has 0 aliphatic carbocycles. The number of hydrogen-bond acceptors (Lipinski definition) is 5. The average molecular weight is 397 g/mol. The highest BCUT2D eigenvalue weighted by Gasteiger charge is 2.18. The summed E-state index contributed by atoms with van der Waals surface area (Å²) in [5, 5.41) is 15.5. The minimum atomic E-state index is -0.639. The zero-order valence-electron chi connectivity index (χ0n) is 14.6. The standard InChI is InChI=1S/C20H13ClN2O5/c1-27-19-9-13-12-4-2-3-5-17(12)28-18(13)10-15(19)22-20(24)11-6-7-14(21)16(8-11)23(25)26/h2-10H,1H3,(H,22,24). The number of nitrogens with one attached hydrogen (secondary N) is 1. The van der Waals surface area contributed by atoms with Crippen molar-refractivity contribution in [2.45, 2.75) is 0 Å².